The van der Waals surface area contributed by atoms with Gasteiger partial charge in [-0.3, -0.25) is 0 Å². The van der Waals surface area contributed by atoms with Crippen molar-refractivity contribution in [3.63, 3.8) is 0 Å². The quantitative estimate of drug-likeness (QED) is 0.646. The van der Waals surface area contributed by atoms with E-state index in [0.29, 0.717) is 4.99 Å². The standard InChI is InChI=1S/C11H24N2OS/c1-5-13(8-9-14-4)7-6-11(2,3)10(12)15/h5-9H2,1-4H3,(H2,12,15). The van der Waals surface area contributed by atoms with Crippen molar-refractivity contribution in [3.05, 3.63) is 0 Å². The van der Waals surface area contributed by atoms with Crippen LogP contribution < -0.4 is 5.73 Å². The fourth-order valence-corrected chi connectivity index (χ4v) is 1.31. The summed E-state index contributed by atoms with van der Waals surface area (Å²) < 4.78 is 5.06. The molecule has 0 fully saturated rings. The number of nitrogens with two attached hydrogens (primary N) is 1. The molecule has 0 spiro atoms. The van der Waals surface area contributed by atoms with Crippen LogP contribution >= 0.6 is 12.2 Å². The molecule has 0 radical (unpaired) electrons. The molecular weight excluding hydrogens is 208 g/mol. The van der Waals surface area contributed by atoms with Crippen LogP contribution in [0.4, 0.5) is 0 Å². The van der Waals surface area contributed by atoms with Gasteiger partial charge in [-0.05, 0) is 19.5 Å². The Balaban J connectivity index is 3.94. The second kappa shape index (κ2) is 7.14. The molecule has 90 valence electrons. The first kappa shape index (κ1) is 14.8. The highest BCUT2D eigenvalue weighted by Gasteiger charge is 2.21. The number of nitrogens with zero attached hydrogens (tertiary/aromatic N) is 1. The molecule has 0 bridgehead atoms. The van der Waals surface area contributed by atoms with Crippen molar-refractivity contribution in [2.24, 2.45) is 11.1 Å². The Morgan fingerprint density at radius 2 is 2.00 bits per heavy atom. The summed E-state index contributed by atoms with van der Waals surface area (Å²) in [6, 6.07) is 0. The number of likely N-dealkylation sites (N-methyl/N-ethyl adjacent to an activating group) is 1. The third-order valence-corrected chi connectivity index (χ3v) is 3.33. The summed E-state index contributed by atoms with van der Waals surface area (Å²) in [4.78, 5) is 2.95. The van der Waals surface area contributed by atoms with Crippen LogP contribution in [0, 0.1) is 5.41 Å². The molecule has 0 aliphatic carbocycles. The summed E-state index contributed by atoms with van der Waals surface area (Å²) in [6.07, 6.45) is 1.000. The van der Waals surface area contributed by atoms with Crippen LogP contribution in [-0.4, -0.2) is 43.2 Å². The summed E-state index contributed by atoms with van der Waals surface area (Å²) in [6.45, 7) is 10.2. The zero-order chi connectivity index (χ0) is 11.9. The molecular formula is C11H24N2OS. The first-order valence-corrected chi connectivity index (χ1v) is 5.86. The second-order valence-corrected chi connectivity index (χ2v) is 4.87. The molecule has 0 atom stereocenters. The lowest BCUT2D eigenvalue weighted by molar-refractivity contribution is 0.145. The fourth-order valence-electron chi connectivity index (χ4n) is 1.21. The van der Waals surface area contributed by atoms with E-state index in [4.69, 9.17) is 22.7 Å². The topological polar surface area (TPSA) is 38.5 Å². The molecule has 0 saturated heterocycles. The number of hydrogen-bond acceptors (Lipinski definition) is 3. The minimum absolute atomic E-state index is 0.0458. The van der Waals surface area contributed by atoms with Crippen molar-refractivity contribution in [1.82, 2.24) is 4.90 Å². The van der Waals surface area contributed by atoms with E-state index in [0.717, 1.165) is 32.7 Å². The number of hydrogen-bond donors (Lipinski definition) is 1. The lowest BCUT2D eigenvalue weighted by atomic mass is 9.89. The second-order valence-electron chi connectivity index (χ2n) is 4.43. The highest BCUT2D eigenvalue weighted by atomic mass is 32.1. The van der Waals surface area contributed by atoms with Gasteiger partial charge in [0.25, 0.3) is 0 Å². The SMILES string of the molecule is CCN(CCOC)CCC(C)(C)C(N)=S. The van der Waals surface area contributed by atoms with Gasteiger partial charge in [0.05, 0.1) is 11.6 Å². The average Bonchev–Trinajstić information content (AvgIpc) is 2.18. The van der Waals surface area contributed by atoms with Crippen molar-refractivity contribution >= 4 is 17.2 Å². The third kappa shape index (κ3) is 6.07. The molecule has 3 nitrogen and oxygen atoms in total. The molecule has 0 aliphatic heterocycles. The summed E-state index contributed by atoms with van der Waals surface area (Å²) in [7, 11) is 1.73. The van der Waals surface area contributed by atoms with Gasteiger partial charge in [-0.15, -0.1) is 0 Å². The molecule has 0 rings (SSSR count). The van der Waals surface area contributed by atoms with E-state index < -0.39 is 0 Å². The van der Waals surface area contributed by atoms with Crippen molar-refractivity contribution < 1.29 is 4.74 Å². The first-order chi connectivity index (χ1) is 6.94. The molecule has 0 aromatic rings. The Morgan fingerprint density at radius 1 is 1.40 bits per heavy atom. The van der Waals surface area contributed by atoms with Gasteiger partial charge in [0.15, 0.2) is 0 Å². The minimum atomic E-state index is -0.0458. The van der Waals surface area contributed by atoms with Crippen molar-refractivity contribution in [1.29, 1.82) is 0 Å². The van der Waals surface area contributed by atoms with Crippen LogP contribution in [0.15, 0.2) is 0 Å². The summed E-state index contributed by atoms with van der Waals surface area (Å²) >= 11 is 5.04. The Labute approximate surface area is 99.0 Å². The molecule has 2 N–H and O–H groups in total. The Morgan fingerprint density at radius 3 is 2.40 bits per heavy atom. The zero-order valence-electron chi connectivity index (χ0n) is 10.4. The van der Waals surface area contributed by atoms with E-state index in [-0.39, 0.29) is 5.41 Å². The molecule has 15 heavy (non-hydrogen) atoms. The maximum atomic E-state index is 5.69. The Bertz CT molecular complexity index is 195. The number of methoxy groups -OCH3 is 1. The molecule has 4 heteroatoms. The predicted octanol–water partition coefficient (Wildman–Crippen LogP) is 1.66. The van der Waals surface area contributed by atoms with Crippen molar-refractivity contribution in [2.45, 2.75) is 27.2 Å². The summed E-state index contributed by atoms with van der Waals surface area (Å²) in [5.41, 5.74) is 5.64. The van der Waals surface area contributed by atoms with Crippen LogP contribution in [0.2, 0.25) is 0 Å². The predicted molar refractivity (Wildman–Crippen MR) is 69.2 cm³/mol. The van der Waals surface area contributed by atoms with Gasteiger partial charge in [-0.1, -0.05) is 33.0 Å². The van der Waals surface area contributed by atoms with Crippen LogP contribution in [0.25, 0.3) is 0 Å². The van der Waals surface area contributed by atoms with Gasteiger partial charge in [0, 0.05) is 19.1 Å². The molecule has 0 heterocycles. The van der Waals surface area contributed by atoms with Crippen LogP contribution in [0.5, 0.6) is 0 Å². The maximum absolute atomic E-state index is 5.69. The van der Waals surface area contributed by atoms with E-state index in [1.54, 1.807) is 7.11 Å². The molecule has 0 aliphatic rings. The van der Waals surface area contributed by atoms with E-state index in [2.05, 4.69) is 25.7 Å². The van der Waals surface area contributed by atoms with E-state index in [1.165, 1.54) is 0 Å². The van der Waals surface area contributed by atoms with Crippen molar-refractivity contribution in [3.8, 4) is 0 Å². The zero-order valence-corrected chi connectivity index (χ0v) is 11.2. The van der Waals surface area contributed by atoms with E-state index in [1.807, 2.05) is 0 Å². The minimum Gasteiger partial charge on any atom is -0.393 e. The molecule has 0 saturated carbocycles. The van der Waals surface area contributed by atoms with Gasteiger partial charge in [-0.2, -0.15) is 0 Å². The van der Waals surface area contributed by atoms with Crippen LogP contribution in [0.1, 0.15) is 27.2 Å². The Hall–Kier alpha value is -0.190. The third-order valence-electron chi connectivity index (χ3n) is 2.78. The normalized spacial score (nSPS) is 12.1. The number of rotatable bonds is 8. The number of thiocarbonyl (C=S) groups is 1. The van der Waals surface area contributed by atoms with Gasteiger partial charge in [0.2, 0.25) is 0 Å². The molecule has 0 aromatic heterocycles. The largest absolute Gasteiger partial charge is 0.393 e. The van der Waals surface area contributed by atoms with E-state index >= 15 is 0 Å². The van der Waals surface area contributed by atoms with E-state index in [9.17, 15) is 0 Å². The van der Waals surface area contributed by atoms with Crippen molar-refractivity contribution in [2.75, 3.05) is 33.4 Å². The summed E-state index contributed by atoms with van der Waals surface area (Å²) in [5, 5.41) is 0. The maximum Gasteiger partial charge on any atom is 0.0784 e. The molecule has 0 aromatic carbocycles. The lowest BCUT2D eigenvalue weighted by Gasteiger charge is -2.27. The van der Waals surface area contributed by atoms with Gasteiger partial charge >= 0.3 is 0 Å². The van der Waals surface area contributed by atoms with Crippen LogP contribution in [-0.2, 0) is 4.74 Å². The average molecular weight is 232 g/mol. The van der Waals surface area contributed by atoms with Crippen LogP contribution in [0.3, 0.4) is 0 Å². The highest BCUT2D eigenvalue weighted by molar-refractivity contribution is 7.80. The summed E-state index contributed by atoms with van der Waals surface area (Å²) in [5.74, 6) is 0. The fraction of sp³-hybridized carbons (Fsp3) is 0.909. The van der Waals surface area contributed by atoms with Gasteiger partial charge in [0.1, 0.15) is 0 Å². The smallest absolute Gasteiger partial charge is 0.0784 e. The molecule has 0 amide bonds. The molecule has 0 unspecified atom stereocenters. The highest BCUT2D eigenvalue weighted by Crippen LogP contribution is 2.20. The lowest BCUT2D eigenvalue weighted by Crippen LogP contribution is -2.36. The number of ether oxygens (including phenoxy) is 1. The first-order valence-electron chi connectivity index (χ1n) is 5.45. The monoisotopic (exact) mass is 232 g/mol. The van der Waals surface area contributed by atoms with Gasteiger partial charge < -0.3 is 15.4 Å². The Kier molecular flexibility index (Phi) is 7.05. The van der Waals surface area contributed by atoms with Gasteiger partial charge in [-0.25, -0.2) is 0 Å².